The summed E-state index contributed by atoms with van der Waals surface area (Å²) >= 11 is 6.67. The maximum Gasteiger partial charge on any atom is 0.247 e. The molecule has 0 aliphatic heterocycles. The van der Waals surface area contributed by atoms with Gasteiger partial charge in [0, 0.05) is 11.8 Å². The van der Waals surface area contributed by atoms with Gasteiger partial charge in [0.05, 0.1) is 4.88 Å². The second-order valence-electron chi connectivity index (χ2n) is 4.99. The Bertz CT molecular complexity index is 933. The molecular weight excluding hydrogens is 354 g/mol. The lowest BCUT2D eigenvalue weighted by atomic mass is 10.2. The zero-order chi connectivity index (χ0) is 17.3. The van der Waals surface area contributed by atoms with Crippen LogP contribution in [0.25, 0.3) is 10.7 Å². The molecule has 2 N–H and O–H groups in total. The monoisotopic (exact) mass is 366 g/mol. The molecule has 2 aromatic heterocycles. The SMILES string of the molecule is CC(C(=O)Nc1ccc(F)c(F)c1)n1c(-c2cccs2)n[nH]c1=S. The first kappa shape index (κ1) is 16.5. The van der Waals surface area contributed by atoms with E-state index < -0.39 is 23.6 Å². The van der Waals surface area contributed by atoms with Crippen molar-refractivity contribution < 1.29 is 13.6 Å². The van der Waals surface area contributed by atoms with Crippen molar-refractivity contribution in [3.63, 3.8) is 0 Å². The molecule has 0 fully saturated rings. The van der Waals surface area contributed by atoms with Crippen molar-refractivity contribution in [2.24, 2.45) is 0 Å². The molecule has 0 radical (unpaired) electrons. The van der Waals surface area contributed by atoms with Gasteiger partial charge in [0.2, 0.25) is 5.91 Å². The maximum atomic E-state index is 13.3. The smallest absolute Gasteiger partial charge is 0.247 e. The van der Waals surface area contributed by atoms with Gasteiger partial charge in [0.15, 0.2) is 22.2 Å². The van der Waals surface area contributed by atoms with Crippen LogP contribution in [0.1, 0.15) is 13.0 Å². The van der Waals surface area contributed by atoms with Gasteiger partial charge >= 0.3 is 0 Å². The third-order valence-corrected chi connectivity index (χ3v) is 4.55. The number of hydrogen-bond donors (Lipinski definition) is 2. The van der Waals surface area contributed by atoms with Crippen LogP contribution in [-0.2, 0) is 4.79 Å². The molecule has 3 aromatic rings. The van der Waals surface area contributed by atoms with E-state index in [1.807, 2.05) is 17.5 Å². The molecule has 3 rings (SSSR count). The van der Waals surface area contributed by atoms with Crippen molar-refractivity contribution in [2.45, 2.75) is 13.0 Å². The fraction of sp³-hybridized carbons (Fsp3) is 0.133. The Balaban J connectivity index is 1.88. The second kappa shape index (κ2) is 6.62. The summed E-state index contributed by atoms with van der Waals surface area (Å²) in [4.78, 5) is 13.3. The van der Waals surface area contributed by atoms with Gasteiger partial charge in [-0.05, 0) is 42.7 Å². The van der Waals surface area contributed by atoms with Crippen LogP contribution in [0.5, 0.6) is 0 Å². The molecule has 0 saturated carbocycles. The van der Waals surface area contributed by atoms with Crippen molar-refractivity contribution >= 4 is 35.1 Å². The molecule has 9 heteroatoms. The minimum absolute atomic E-state index is 0.165. The highest BCUT2D eigenvalue weighted by Gasteiger charge is 2.21. The standard InChI is InChI=1S/C15H12F2N4OS2/c1-8(14(22)18-9-4-5-10(16)11(17)7-9)21-13(19-20-15(21)23)12-3-2-6-24-12/h2-8H,1H3,(H,18,22)(H,20,23). The van der Waals surface area contributed by atoms with Crippen LogP contribution in [0.2, 0.25) is 0 Å². The van der Waals surface area contributed by atoms with Gasteiger partial charge in [0.25, 0.3) is 0 Å². The molecule has 0 aliphatic carbocycles. The number of carbonyl (C=O) groups excluding carboxylic acids is 1. The van der Waals surface area contributed by atoms with Gasteiger partial charge < -0.3 is 5.32 Å². The largest absolute Gasteiger partial charge is 0.324 e. The summed E-state index contributed by atoms with van der Waals surface area (Å²) in [6.07, 6.45) is 0. The first-order valence-electron chi connectivity index (χ1n) is 6.94. The van der Waals surface area contributed by atoms with E-state index in [4.69, 9.17) is 12.2 Å². The molecular formula is C15H12F2N4OS2. The highest BCUT2D eigenvalue weighted by molar-refractivity contribution is 7.71. The molecule has 24 heavy (non-hydrogen) atoms. The molecule has 124 valence electrons. The number of anilines is 1. The number of nitrogens with one attached hydrogen (secondary N) is 2. The van der Waals surface area contributed by atoms with Crippen LogP contribution >= 0.6 is 23.6 Å². The number of H-pyrrole nitrogens is 1. The van der Waals surface area contributed by atoms with Crippen LogP contribution in [-0.4, -0.2) is 20.7 Å². The second-order valence-corrected chi connectivity index (χ2v) is 6.33. The number of benzene rings is 1. The molecule has 0 saturated heterocycles. The molecule has 1 aromatic carbocycles. The fourth-order valence-electron chi connectivity index (χ4n) is 2.18. The summed E-state index contributed by atoms with van der Waals surface area (Å²) in [6.45, 7) is 1.65. The number of halogens is 2. The Morgan fingerprint density at radius 3 is 2.83 bits per heavy atom. The Hall–Kier alpha value is -2.39. The van der Waals surface area contributed by atoms with Gasteiger partial charge in [0.1, 0.15) is 6.04 Å². The van der Waals surface area contributed by atoms with Crippen LogP contribution in [0.15, 0.2) is 35.7 Å². The van der Waals surface area contributed by atoms with Crippen molar-refractivity contribution in [1.29, 1.82) is 0 Å². The molecule has 0 spiro atoms. The lowest BCUT2D eigenvalue weighted by molar-refractivity contribution is -0.118. The Kier molecular flexibility index (Phi) is 4.54. The number of rotatable bonds is 4. The fourth-order valence-corrected chi connectivity index (χ4v) is 3.18. The van der Waals surface area contributed by atoms with Crippen LogP contribution in [0, 0.1) is 16.4 Å². The van der Waals surface area contributed by atoms with Crippen LogP contribution in [0.4, 0.5) is 14.5 Å². The molecule has 5 nitrogen and oxygen atoms in total. The first-order chi connectivity index (χ1) is 11.5. The number of amides is 1. The highest BCUT2D eigenvalue weighted by Crippen LogP contribution is 2.26. The minimum Gasteiger partial charge on any atom is -0.324 e. The number of hydrogen-bond acceptors (Lipinski definition) is 4. The van der Waals surface area contributed by atoms with Gasteiger partial charge in [-0.3, -0.25) is 14.5 Å². The molecule has 1 atom stereocenters. The van der Waals surface area contributed by atoms with E-state index in [0.717, 1.165) is 17.0 Å². The van der Waals surface area contributed by atoms with Gasteiger partial charge in [-0.15, -0.1) is 11.3 Å². The molecule has 0 aliphatic rings. The number of thiophene rings is 1. The van der Waals surface area contributed by atoms with E-state index in [2.05, 4.69) is 15.5 Å². The van der Waals surface area contributed by atoms with E-state index >= 15 is 0 Å². The minimum atomic E-state index is -1.03. The average molecular weight is 366 g/mol. The Morgan fingerprint density at radius 2 is 2.17 bits per heavy atom. The molecule has 1 amide bonds. The normalized spacial score (nSPS) is 12.1. The lowest BCUT2D eigenvalue weighted by Crippen LogP contribution is -2.24. The van der Waals surface area contributed by atoms with Crippen LogP contribution in [0.3, 0.4) is 0 Å². The number of carbonyl (C=O) groups is 1. The van der Waals surface area contributed by atoms with E-state index in [0.29, 0.717) is 10.6 Å². The predicted molar refractivity (Wildman–Crippen MR) is 90.4 cm³/mol. The number of nitrogens with zero attached hydrogens (tertiary/aromatic N) is 2. The summed E-state index contributed by atoms with van der Waals surface area (Å²) in [6, 6.07) is 6.21. The Morgan fingerprint density at radius 1 is 1.38 bits per heavy atom. The van der Waals surface area contributed by atoms with Crippen molar-refractivity contribution in [3.8, 4) is 10.7 Å². The van der Waals surface area contributed by atoms with E-state index in [-0.39, 0.29) is 5.69 Å². The average Bonchev–Trinajstić information content (AvgIpc) is 3.19. The van der Waals surface area contributed by atoms with Gasteiger partial charge in [-0.2, -0.15) is 5.10 Å². The third-order valence-electron chi connectivity index (χ3n) is 3.40. The molecule has 2 heterocycles. The molecule has 1 unspecified atom stereocenters. The van der Waals surface area contributed by atoms with Crippen molar-refractivity contribution in [2.75, 3.05) is 5.32 Å². The summed E-state index contributed by atoms with van der Waals surface area (Å²) in [5.41, 5.74) is 0.165. The highest BCUT2D eigenvalue weighted by atomic mass is 32.1. The lowest BCUT2D eigenvalue weighted by Gasteiger charge is -2.15. The molecule has 0 bridgehead atoms. The van der Waals surface area contributed by atoms with Gasteiger partial charge in [-0.1, -0.05) is 6.07 Å². The van der Waals surface area contributed by atoms with Gasteiger partial charge in [-0.25, -0.2) is 8.78 Å². The topological polar surface area (TPSA) is 62.7 Å². The summed E-state index contributed by atoms with van der Waals surface area (Å²) in [5, 5.41) is 11.3. The summed E-state index contributed by atoms with van der Waals surface area (Å²) in [7, 11) is 0. The van der Waals surface area contributed by atoms with Crippen LogP contribution < -0.4 is 5.32 Å². The quantitative estimate of drug-likeness (QED) is 0.682. The zero-order valence-corrected chi connectivity index (χ0v) is 14.0. The third kappa shape index (κ3) is 3.13. The predicted octanol–water partition coefficient (Wildman–Crippen LogP) is 4.15. The maximum absolute atomic E-state index is 13.3. The van der Waals surface area contributed by atoms with E-state index in [1.54, 1.807) is 11.5 Å². The first-order valence-corrected chi connectivity index (χ1v) is 8.23. The summed E-state index contributed by atoms with van der Waals surface area (Å²) < 4.78 is 28.1. The number of aromatic amines is 1. The number of aromatic nitrogens is 3. The van der Waals surface area contributed by atoms with Crippen molar-refractivity contribution in [3.05, 3.63) is 52.1 Å². The van der Waals surface area contributed by atoms with Crippen molar-refractivity contribution in [1.82, 2.24) is 14.8 Å². The zero-order valence-electron chi connectivity index (χ0n) is 12.4. The van der Waals surface area contributed by atoms with E-state index in [9.17, 15) is 13.6 Å². The van der Waals surface area contributed by atoms with E-state index in [1.165, 1.54) is 17.4 Å². The summed E-state index contributed by atoms with van der Waals surface area (Å²) in [5.74, 6) is -1.88. The Labute approximate surface area is 145 Å².